The quantitative estimate of drug-likeness (QED) is 0.879. The summed E-state index contributed by atoms with van der Waals surface area (Å²) in [4.78, 5) is 13.5. The molecule has 0 spiro atoms. The zero-order chi connectivity index (χ0) is 13.7. The predicted molar refractivity (Wildman–Crippen MR) is 75.1 cm³/mol. The smallest absolute Gasteiger partial charge is 0.234 e. The van der Waals surface area contributed by atoms with E-state index in [1.54, 1.807) is 0 Å². The van der Waals surface area contributed by atoms with Gasteiger partial charge in [0.15, 0.2) is 0 Å². The molecule has 1 unspecified atom stereocenters. The Morgan fingerprint density at radius 2 is 2.32 bits per heavy atom. The van der Waals surface area contributed by atoms with Crippen LogP contribution in [0.15, 0.2) is 24.3 Å². The summed E-state index contributed by atoms with van der Waals surface area (Å²) >= 11 is 0. The first-order chi connectivity index (χ1) is 9.16. The molecule has 1 aromatic carbocycles. The van der Waals surface area contributed by atoms with Gasteiger partial charge in [-0.05, 0) is 44.0 Å². The summed E-state index contributed by atoms with van der Waals surface area (Å²) in [6.07, 6.45) is 3.09. The second kappa shape index (κ2) is 6.57. The minimum atomic E-state index is -0.213. The molecule has 1 aliphatic heterocycles. The molecule has 2 N–H and O–H groups in total. The van der Waals surface area contributed by atoms with Crippen molar-refractivity contribution in [2.45, 2.75) is 32.2 Å². The summed E-state index contributed by atoms with van der Waals surface area (Å²) in [5.41, 5.74) is 6.62. The summed E-state index contributed by atoms with van der Waals surface area (Å²) in [6.45, 7) is 4.32. The van der Waals surface area contributed by atoms with E-state index in [0.717, 1.165) is 38.1 Å². The van der Waals surface area contributed by atoms with Crippen LogP contribution in [0, 0.1) is 6.92 Å². The molecular formula is C15H22N2O2. The molecule has 1 amide bonds. The molecule has 1 aromatic rings. The standard InChI is InChI=1S/C15H22N2O2/c1-12-5-4-6-13(11-12)19-10-9-17-8-3-2-7-14(17)15(16)18/h4-6,11,14H,2-3,7-10H2,1H3,(H2,16,18). The lowest BCUT2D eigenvalue weighted by Crippen LogP contribution is -2.48. The van der Waals surface area contributed by atoms with Crippen LogP contribution in [-0.2, 0) is 4.79 Å². The van der Waals surface area contributed by atoms with Crippen LogP contribution >= 0.6 is 0 Å². The zero-order valence-electron chi connectivity index (χ0n) is 11.5. The number of benzene rings is 1. The van der Waals surface area contributed by atoms with Crippen LogP contribution in [0.5, 0.6) is 5.75 Å². The van der Waals surface area contributed by atoms with Crippen LogP contribution < -0.4 is 10.5 Å². The number of nitrogens with two attached hydrogens (primary N) is 1. The maximum atomic E-state index is 11.4. The van der Waals surface area contributed by atoms with Crippen molar-refractivity contribution in [1.29, 1.82) is 0 Å². The maximum absolute atomic E-state index is 11.4. The van der Waals surface area contributed by atoms with Crippen molar-refractivity contribution < 1.29 is 9.53 Å². The number of likely N-dealkylation sites (tertiary alicyclic amines) is 1. The Kier molecular flexibility index (Phi) is 4.80. The number of rotatable bonds is 5. The monoisotopic (exact) mass is 262 g/mol. The lowest BCUT2D eigenvalue weighted by Gasteiger charge is -2.33. The van der Waals surface area contributed by atoms with Crippen LogP contribution in [0.25, 0.3) is 0 Å². The van der Waals surface area contributed by atoms with Crippen LogP contribution in [0.1, 0.15) is 24.8 Å². The fourth-order valence-electron chi connectivity index (χ4n) is 2.57. The van der Waals surface area contributed by atoms with Crippen molar-refractivity contribution in [1.82, 2.24) is 4.90 Å². The van der Waals surface area contributed by atoms with Crippen molar-refractivity contribution in [3.8, 4) is 5.75 Å². The molecule has 1 atom stereocenters. The summed E-state index contributed by atoms with van der Waals surface area (Å²) in [5.74, 6) is 0.669. The van der Waals surface area contributed by atoms with Gasteiger partial charge in [0, 0.05) is 6.54 Å². The molecule has 1 saturated heterocycles. The Bertz CT molecular complexity index is 434. The molecule has 0 bridgehead atoms. The van der Waals surface area contributed by atoms with Crippen LogP contribution in [0.3, 0.4) is 0 Å². The normalized spacial score (nSPS) is 20.2. The number of primary amides is 1. The van der Waals surface area contributed by atoms with E-state index in [1.807, 2.05) is 31.2 Å². The van der Waals surface area contributed by atoms with Crippen molar-refractivity contribution in [3.05, 3.63) is 29.8 Å². The van der Waals surface area contributed by atoms with E-state index >= 15 is 0 Å². The molecule has 1 heterocycles. The van der Waals surface area contributed by atoms with E-state index in [-0.39, 0.29) is 11.9 Å². The minimum Gasteiger partial charge on any atom is -0.492 e. The van der Waals surface area contributed by atoms with Gasteiger partial charge >= 0.3 is 0 Å². The molecule has 4 nitrogen and oxygen atoms in total. The molecule has 0 radical (unpaired) electrons. The van der Waals surface area contributed by atoms with Gasteiger partial charge in [-0.25, -0.2) is 0 Å². The number of hydrogen-bond donors (Lipinski definition) is 1. The van der Waals surface area contributed by atoms with Gasteiger partial charge < -0.3 is 10.5 Å². The average molecular weight is 262 g/mol. The fraction of sp³-hybridized carbons (Fsp3) is 0.533. The largest absolute Gasteiger partial charge is 0.492 e. The number of hydrogen-bond acceptors (Lipinski definition) is 3. The number of carbonyl (C=O) groups excluding carboxylic acids is 1. The second-order valence-electron chi connectivity index (χ2n) is 5.11. The molecular weight excluding hydrogens is 240 g/mol. The Labute approximate surface area is 114 Å². The summed E-state index contributed by atoms with van der Waals surface area (Å²) in [5, 5.41) is 0. The summed E-state index contributed by atoms with van der Waals surface area (Å²) in [7, 11) is 0. The van der Waals surface area contributed by atoms with Gasteiger partial charge in [-0.15, -0.1) is 0 Å². The molecule has 2 rings (SSSR count). The first-order valence-electron chi connectivity index (χ1n) is 6.89. The van der Waals surface area contributed by atoms with Gasteiger partial charge in [-0.1, -0.05) is 18.6 Å². The van der Waals surface area contributed by atoms with Crippen LogP contribution in [-0.4, -0.2) is 36.5 Å². The first kappa shape index (κ1) is 13.9. The van der Waals surface area contributed by atoms with Gasteiger partial charge in [0.1, 0.15) is 12.4 Å². The number of aryl methyl sites for hydroxylation is 1. The fourth-order valence-corrected chi connectivity index (χ4v) is 2.57. The Hall–Kier alpha value is -1.55. The van der Waals surface area contributed by atoms with Crippen molar-refractivity contribution in [3.63, 3.8) is 0 Å². The average Bonchev–Trinajstić information content (AvgIpc) is 2.39. The Morgan fingerprint density at radius 1 is 1.47 bits per heavy atom. The number of nitrogens with zero attached hydrogens (tertiary/aromatic N) is 1. The molecule has 1 aliphatic rings. The van der Waals surface area contributed by atoms with E-state index in [2.05, 4.69) is 4.90 Å². The number of piperidine rings is 1. The number of amides is 1. The molecule has 1 fully saturated rings. The summed E-state index contributed by atoms with van der Waals surface area (Å²) in [6, 6.07) is 7.88. The third-order valence-corrected chi connectivity index (χ3v) is 3.58. The third kappa shape index (κ3) is 3.96. The molecule has 0 aromatic heterocycles. The highest BCUT2D eigenvalue weighted by atomic mass is 16.5. The van der Waals surface area contributed by atoms with Gasteiger partial charge in [-0.3, -0.25) is 9.69 Å². The number of carbonyl (C=O) groups is 1. The van der Waals surface area contributed by atoms with Crippen molar-refractivity contribution in [2.75, 3.05) is 19.7 Å². The molecule has 4 heteroatoms. The maximum Gasteiger partial charge on any atom is 0.234 e. The highest BCUT2D eigenvalue weighted by molar-refractivity contribution is 5.79. The van der Waals surface area contributed by atoms with Crippen molar-refractivity contribution >= 4 is 5.91 Å². The highest BCUT2D eigenvalue weighted by Gasteiger charge is 2.26. The van der Waals surface area contributed by atoms with Crippen LogP contribution in [0.2, 0.25) is 0 Å². The van der Waals surface area contributed by atoms with Crippen molar-refractivity contribution in [2.24, 2.45) is 5.73 Å². The predicted octanol–water partition coefficient (Wildman–Crippen LogP) is 1.71. The van der Waals surface area contributed by atoms with Gasteiger partial charge in [-0.2, -0.15) is 0 Å². The van der Waals surface area contributed by atoms with E-state index < -0.39 is 0 Å². The minimum absolute atomic E-state index is 0.116. The molecule has 0 saturated carbocycles. The van der Waals surface area contributed by atoms with Crippen LogP contribution in [0.4, 0.5) is 0 Å². The zero-order valence-corrected chi connectivity index (χ0v) is 11.5. The molecule has 19 heavy (non-hydrogen) atoms. The molecule has 0 aliphatic carbocycles. The topological polar surface area (TPSA) is 55.6 Å². The van der Waals surface area contributed by atoms with E-state index in [9.17, 15) is 4.79 Å². The summed E-state index contributed by atoms with van der Waals surface area (Å²) < 4.78 is 5.72. The third-order valence-electron chi connectivity index (χ3n) is 3.58. The van der Waals surface area contributed by atoms with E-state index in [4.69, 9.17) is 10.5 Å². The second-order valence-corrected chi connectivity index (χ2v) is 5.11. The lowest BCUT2D eigenvalue weighted by atomic mass is 10.0. The highest BCUT2D eigenvalue weighted by Crippen LogP contribution is 2.17. The van der Waals surface area contributed by atoms with Gasteiger partial charge in [0.2, 0.25) is 5.91 Å². The number of ether oxygens (including phenoxy) is 1. The van der Waals surface area contributed by atoms with E-state index in [0.29, 0.717) is 6.61 Å². The SMILES string of the molecule is Cc1cccc(OCCN2CCCCC2C(N)=O)c1. The Balaban J connectivity index is 1.82. The lowest BCUT2D eigenvalue weighted by molar-refractivity contribution is -0.124. The van der Waals surface area contributed by atoms with Gasteiger partial charge in [0.25, 0.3) is 0 Å². The van der Waals surface area contributed by atoms with Gasteiger partial charge in [0.05, 0.1) is 6.04 Å². The Morgan fingerprint density at radius 3 is 3.05 bits per heavy atom. The first-order valence-corrected chi connectivity index (χ1v) is 6.89. The van der Waals surface area contributed by atoms with E-state index in [1.165, 1.54) is 5.56 Å². The molecule has 104 valence electrons.